The van der Waals surface area contributed by atoms with Crippen molar-refractivity contribution >= 4 is 5.91 Å². The highest BCUT2D eigenvalue weighted by Crippen LogP contribution is 2.04. The second-order valence-electron chi connectivity index (χ2n) is 3.73. The number of carbonyl (C=O) groups excluding carboxylic acids is 1. The highest BCUT2D eigenvalue weighted by atomic mass is 19.1. The summed E-state index contributed by atoms with van der Waals surface area (Å²) in [6, 6.07) is 6.00. The Morgan fingerprint density at radius 1 is 1.56 bits per heavy atom. The summed E-state index contributed by atoms with van der Waals surface area (Å²) in [5, 5.41) is 2.76. The van der Waals surface area contributed by atoms with Crippen molar-refractivity contribution in [1.82, 2.24) is 5.32 Å². The quantitative estimate of drug-likeness (QED) is 0.825. The molecular formula is C12H16FNO2. The van der Waals surface area contributed by atoms with Gasteiger partial charge in [0.1, 0.15) is 5.82 Å². The van der Waals surface area contributed by atoms with Crippen LogP contribution in [0.4, 0.5) is 4.39 Å². The largest absolute Gasteiger partial charge is 0.383 e. The number of nitrogens with one attached hydrogen (secondary N) is 1. The zero-order chi connectivity index (χ0) is 12.0. The van der Waals surface area contributed by atoms with E-state index < -0.39 is 0 Å². The maximum atomic E-state index is 12.8. The van der Waals surface area contributed by atoms with E-state index in [0.29, 0.717) is 12.2 Å². The Balaban J connectivity index is 2.45. The third-order valence-corrected chi connectivity index (χ3v) is 2.08. The van der Waals surface area contributed by atoms with Crippen molar-refractivity contribution in [3.63, 3.8) is 0 Å². The second kappa shape index (κ2) is 6.23. The molecule has 1 aromatic rings. The number of ether oxygens (including phenoxy) is 1. The molecule has 0 aromatic heterocycles. The SMILES string of the molecule is COCC(C)NC(=O)Cc1cccc(F)c1. The molecule has 1 N–H and O–H groups in total. The van der Waals surface area contributed by atoms with E-state index in [9.17, 15) is 9.18 Å². The average Bonchev–Trinajstić information content (AvgIpc) is 2.17. The van der Waals surface area contributed by atoms with Crippen molar-refractivity contribution < 1.29 is 13.9 Å². The van der Waals surface area contributed by atoms with E-state index in [2.05, 4.69) is 5.32 Å². The van der Waals surface area contributed by atoms with Gasteiger partial charge in [0, 0.05) is 13.2 Å². The van der Waals surface area contributed by atoms with Gasteiger partial charge in [-0.15, -0.1) is 0 Å². The molecule has 1 aromatic carbocycles. The fourth-order valence-corrected chi connectivity index (χ4v) is 1.45. The molecule has 0 fully saturated rings. The number of carbonyl (C=O) groups is 1. The molecule has 0 saturated heterocycles. The second-order valence-corrected chi connectivity index (χ2v) is 3.73. The smallest absolute Gasteiger partial charge is 0.224 e. The zero-order valence-corrected chi connectivity index (χ0v) is 9.50. The lowest BCUT2D eigenvalue weighted by Crippen LogP contribution is -2.36. The highest BCUT2D eigenvalue weighted by molar-refractivity contribution is 5.78. The van der Waals surface area contributed by atoms with E-state index >= 15 is 0 Å². The van der Waals surface area contributed by atoms with Gasteiger partial charge in [-0.3, -0.25) is 4.79 Å². The minimum Gasteiger partial charge on any atom is -0.383 e. The normalized spacial score (nSPS) is 12.2. The Morgan fingerprint density at radius 3 is 2.94 bits per heavy atom. The summed E-state index contributed by atoms with van der Waals surface area (Å²) < 4.78 is 17.7. The monoisotopic (exact) mass is 225 g/mol. The van der Waals surface area contributed by atoms with Gasteiger partial charge < -0.3 is 10.1 Å². The number of benzene rings is 1. The van der Waals surface area contributed by atoms with E-state index in [1.807, 2.05) is 6.92 Å². The number of rotatable bonds is 5. The molecule has 0 bridgehead atoms. The molecule has 0 aliphatic rings. The topological polar surface area (TPSA) is 38.3 Å². The van der Waals surface area contributed by atoms with Gasteiger partial charge in [-0.05, 0) is 24.6 Å². The lowest BCUT2D eigenvalue weighted by molar-refractivity contribution is -0.121. The predicted octanol–water partition coefficient (Wildman–Crippen LogP) is 1.52. The van der Waals surface area contributed by atoms with Crippen LogP contribution >= 0.6 is 0 Å². The van der Waals surface area contributed by atoms with E-state index in [4.69, 9.17) is 4.74 Å². The Bertz CT molecular complexity index is 355. The first kappa shape index (κ1) is 12.6. The Labute approximate surface area is 94.6 Å². The van der Waals surface area contributed by atoms with Crippen LogP contribution < -0.4 is 5.32 Å². The maximum absolute atomic E-state index is 12.8. The Kier molecular flexibility index (Phi) is 4.92. The summed E-state index contributed by atoms with van der Waals surface area (Å²) in [5.41, 5.74) is 0.669. The van der Waals surface area contributed by atoms with E-state index in [1.165, 1.54) is 12.1 Å². The third kappa shape index (κ3) is 4.40. The molecule has 1 unspecified atom stereocenters. The van der Waals surface area contributed by atoms with Crippen LogP contribution in [-0.4, -0.2) is 25.7 Å². The number of amides is 1. The van der Waals surface area contributed by atoms with Crippen molar-refractivity contribution in [3.05, 3.63) is 35.6 Å². The molecule has 16 heavy (non-hydrogen) atoms. The molecule has 0 saturated carbocycles. The molecule has 1 rings (SSSR count). The van der Waals surface area contributed by atoms with Gasteiger partial charge in [0.15, 0.2) is 0 Å². The van der Waals surface area contributed by atoms with Crippen LogP contribution in [0.5, 0.6) is 0 Å². The molecule has 0 spiro atoms. The average molecular weight is 225 g/mol. The summed E-state index contributed by atoms with van der Waals surface area (Å²) in [6.45, 7) is 2.32. The van der Waals surface area contributed by atoms with E-state index in [0.717, 1.165) is 0 Å². The van der Waals surface area contributed by atoms with Crippen LogP contribution in [0.2, 0.25) is 0 Å². The first-order valence-electron chi connectivity index (χ1n) is 5.14. The molecule has 3 nitrogen and oxygen atoms in total. The lowest BCUT2D eigenvalue weighted by Gasteiger charge is -2.12. The van der Waals surface area contributed by atoms with Crippen LogP contribution in [-0.2, 0) is 16.0 Å². The van der Waals surface area contributed by atoms with Gasteiger partial charge in [-0.2, -0.15) is 0 Å². The minimum atomic E-state index is -0.324. The van der Waals surface area contributed by atoms with Gasteiger partial charge in [0.2, 0.25) is 5.91 Å². The minimum absolute atomic E-state index is 0.0361. The molecule has 88 valence electrons. The molecule has 0 heterocycles. The van der Waals surface area contributed by atoms with Gasteiger partial charge in [-0.1, -0.05) is 12.1 Å². The maximum Gasteiger partial charge on any atom is 0.224 e. The summed E-state index contributed by atoms with van der Waals surface area (Å²) in [7, 11) is 1.58. The zero-order valence-electron chi connectivity index (χ0n) is 9.50. The molecule has 1 atom stereocenters. The summed E-state index contributed by atoms with van der Waals surface area (Å²) >= 11 is 0. The molecule has 4 heteroatoms. The van der Waals surface area contributed by atoms with E-state index in [1.54, 1.807) is 19.2 Å². The molecule has 0 aliphatic carbocycles. The van der Waals surface area contributed by atoms with Crippen LogP contribution in [0.3, 0.4) is 0 Å². The number of halogens is 1. The van der Waals surface area contributed by atoms with Crippen molar-refractivity contribution in [2.45, 2.75) is 19.4 Å². The fraction of sp³-hybridized carbons (Fsp3) is 0.417. The van der Waals surface area contributed by atoms with Gasteiger partial charge in [0.05, 0.1) is 13.0 Å². The van der Waals surface area contributed by atoms with E-state index in [-0.39, 0.29) is 24.2 Å². The highest BCUT2D eigenvalue weighted by Gasteiger charge is 2.07. The fourth-order valence-electron chi connectivity index (χ4n) is 1.45. The number of hydrogen-bond acceptors (Lipinski definition) is 2. The summed E-state index contributed by atoms with van der Waals surface area (Å²) in [6.07, 6.45) is 0.186. The summed E-state index contributed by atoms with van der Waals surface area (Å²) in [4.78, 5) is 11.5. The number of methoxy groups -OCH3 is 1. The van der Waals surface area contributed by atoms with Crippen molar-refractivity contribution in [1.29, 1.82) is 0 Å². The molecule has 1 amide bonds. The number of hydrogen-bond donors (Lipinski definition) is 1. The Hall–Kier alpha value is -1.42. The standard InChI is InChI=1S/C12H16FNO2/c1-9(8-16-2)14-12(15)7-10-4-3-5-11(13)6-10/h3-6,9H,7-8H2,1-2H3,(H,14,15). The van der Waals surface area contributed by atoms with Crippen molar-refractivity contribution in [3.8, 4) is 0 Å². The Morgan fingerprint density at radius 2 is 2.31 bits per heavy atom. The van der Waals surface area contributed by atoms with Crippen molar-refractivity contribution in [2.75, 3.05) is 13.7 Å². The first-order valence-corrected chi connectivity index (χ1v) is 5.14. The van der Waals surface area contributed by atoms with Crippen molar-refractivity contribution in [2.24, 2.45) is 0 Å². The van der Waals surface area contributed by atoms with Gasteiger partial charge in [0.25, 0.3) is 0 Å². The van der Waals surface area contributed by atoms with Crippen LogP contribution in [0.1, 0.15) is 12.5 Å². The molecule has 0 aliphatic heterocycles. The molecule has 0 radical (unpaired) electrons. The predicted molar refractivity (Wildman–Crippen MR) is 59.6 cm³/mol. The molecular weight excluding hydrogens is 209 g/mol. The first-order chi connectivity index (χ1) is 7.61. The van der Waals surface area contributed by atoms with Crippen LogP contribution in [0, 0.1) is 5.82 Å². The van der Waals surface area contributed by atoms with Crippen LogP contribution in [0.15, 0.2) is 24.3 Å². The van der Waals surface area contributed by atoms with Gasteiger partial charge in [-0.25, -0.2) is 4.39 Å². The lowest BCUT2D eigenvalue weighted by atomic mass is 10.1. The third-order valence-electron chi connectivity index (χ3n) is 2.08. The summed E-state index contributed by atoms with van der Waals surface area (Å²) in [5.74, 6) is -0.453. The van der Waals surface area contributed by atoms with Gasteiger partial charge >= 0.3 is 0 Å². The van der Waals surface area contributed by atoms with Crippen LogP contribution in [0.25, 0.3) is 0 Å².